The van der Waals surface area contributed by atoms with Crippen molar-refractivity contribution in [3.63, 3.8) is 0 Å². The smallest absolute Gasteiger partial charge is 0.322 e. The maximum Gasteiger partial charge on any atom is 0.322 e. The molecule has 1 aliphatic rings. The standard InChI is InChI=1S/C19H21NO2/c1-22-19(21)18-9-5-8-17(20-18)16-12-10-15(11-13-16)14-6-3-2-4-7-14/h2-4,6-7,10-13,17-18,20H,5,8-9H2,1H3/t17-,18+/m0/s1. The van der Waals surface area contributed by atoms with Crippen molar-refractivity contribution in [1.82, 2.24) is 5.32 Å². The lowest BCUT2D eigenvalue weighted by atomic mass is 9.92. The minimum Gasteiger partial charge on any atom is -0.468 e. The molecule has 114 valence electrons. The topological polar surface area (TPSA) is 38.3 Å². The summed E-state index contributed by atoms with van der Waals surface area (Å²) < 4.78 is 4.85. The lowest BCUT2D eigenvalue weighted by Crippen LogP contribution is -2.43. The van der Waals surface area contributed by atoms with Crippen LogP contribution in [0.3, 0.4) is 0 Å². The Morgan fingerprint density at radius 3 is 2.36 bits per heavy atom. The van der Waals surface area contributed by atoms with Crippen molar-refractivity contribution in [2.75, 3.05) is 7.11 Å². The van der Waals surface area contributed by atoms with Crippen LogP contribution in [0.1, 0.15) is 30.9 Å². The molecule has 3 nitrogen and oxygen atoms in total. The number of esters is 1. The highest BCUT2D eigenvalue weighted by atomic mass is 16.5. The van der Waals surface area contributed by atoms with Crippen molar-refractivity contribution < 1.29 is 9.53 Å². The van der Waals surface area contributed by atoms with Crippen LogP contribution in [-0.2, 0) is 9.53 Å². The average Bonchev–Trinajstić information content (AvgIpc) is 2.62. The summed E-state index contributed by atoms with van der Waals surface area (Å²) in [5.74, 6) is -0.161. The Balaban J connectivity index is 1.74. The SMILES string of the molecule is COC(=O)[C@H]1CCC[C@@H](c2ccc(-c3ccccc3)cc2)N1. The van der Waals surface area contributed by atoms with E-state index in [1.807, 2.05) is 18.2 Å². The van der Waals surface area contributed by atoms with Crippen LogP contribution in [-0.4, -0.2) is 19.1 Å². The maximum atomic E-state index is 11.7. The Morgan fingerprint density at radius 2 is 1.68 bits per heavy atom. The molecule has 0 radical (unpaired) electrons. The molecule has 3 rings (SSSR count). The number of carbonyl (C=O) groups excluding carboxylic acids is 1. The number of rotatable bonds is 3. The quantitative estimate of drug-likeness (QED) is 0.877. The predicted molar refractivity (Wildman–Crippen MR) is 87.4 cm³/mol. The second kappa shape index (κ2) is 6.75. The summed E-state index contributed by atoms with van der Waals surface area (Å²) >= 11 is 0. The molecule has 2 aromatic rings. The van der Waals surface area contributed by atoms with Gasteiger partial charge in [-0.3, -0.25) is 10.1 Å². The van der Waals surface area contributed by atoms with Crippen LogP contribution in [0.4, 0.5) is 0 Å². The van der Waals surface area contributed by atoms with Gasteiger partial charge in [0, 0.05) is 6.04 Å². The van der Waals surface area contributed by atoms with Crippen LogP contribution in [0.2, 0.25) is 0 Å². The molecule has 0 spiro atoms. The first-order valence-electron chi connectivity index (χ1n) is 7.77. The molecule has 1 N–H and O–H groups in total. The molecule has 1 aliphatic heterocycles. The van der Waals surface area contributed by atoms with E-state index in [1.165, 1.54) is 23.8 Å². The van der Waals surface area contributed by atoms with Gasteiger partial charge < -0.3 is 4.74 Å². The summed E-state index contributed by atoms with van der Waals surface area (Å²) in [6.07, 6.45) is 2.95. The van der Waals surface area contributed by atoms with Gasteiger partial charge in [0.15, 0.2) is 0 Å². The number of carbonyl (C=O) groups is 1. The third-order valence-corrected chi connectivity index (χ3v) is 4.29. The first-order valence-corrected chi connectivity index (χ1v) is 7.77. The van der Waals surface area contributed by atoms with Crippen LogP contribution in [0, 0.1) is 0 Å². The molecule has 3 heteroatoms. The Hall–Kier alpha value is -2.13. The van der Waals surface area contributed by atoms with Crippen molar-refractivity contribution >= 4 is 5.97 Å². The van der Waals surface area contributed by atoms with Crippen molar-refractivity contribution in [2.24, 2.45) is 0 Å². The zero-order valence-electron chi connectivity index (χ0n) is 12.8. The minimum atomic E-state index is -0.183. The molecule has 0 bridgehead atoms. The minimum absolute atomic E-state index is 0.161. The first-order chi connectivity index (χ1) is 10.8. The van der Waals surface area contributed by atoms with E-state index in [2.05, 4.69) is 41.7 Å². The van der Waals surface area contributed by atoms with Gasteiger partial charge in [0.05, 0.1) is 7.11 Å². The summed E-state index contributed by atoms with van der Waals surface area (Å²) in [6.45, 7) is 0. The van der Waals surface area contributed by atoms with E-state index in [1.54, 1.807) is 0 Å². The Morgan fingerprint density at radius 1 is 1.00 bits per heavy atom. The van der Waals surface area contributed by atoms with Gasteiger partial charge in [0.1, 0.15) is 6.04 Å². The van der Waals surface area contributed by atoms with Gasteiger partial charge in [-0.15, -0.1) is 0 Å². The Kier molecular flexibility index (Phi) is 4.54. The fraction of sp³-hybridized carbons (Fsp3) is 0.316. The molecule has 0 aliphatic carbocycles. The van der Waals surface area contributed by atoms with Gasteiger partial charge in [0.25, 0.3) is 0 Å². The molecular formula is C19H21NO2. The van der Waals surface area contributed by atoms with Crippen molar-refractivity contribution in [3.8, 4) is 11.1 Å². The number of hydrogen-bond donors (Lipinski definition) is 1. The summed E-state index contributed by atoms with van der Waals surface area (Å²) in [7, 11) is 1.45. The van der Waals surface area contributed by atoms with Crippen molar-refractivity contribution in [3.05, 3.63) is 60.2 Å². The largest absolute Gasteiger partial charge is 0.468 e. The number of ether oxygens (including phenoxy) is 1. The van der Waals surface area contributed by atoms with Crippen LogP contribution in [0.15, 0.2) is 54.6 Å². The maximum absolute atomic E-state index is 11.7. The lowest BCUT2D eigenvalue weighted by Gasteiger charge is -2.29. The molecule has 2 aromatic carbocycles. The third kappa shape index (κ3) is 3.20. The van der Waals surface area contributed by atoms with Crippen molar-refractivity contribution in [1.29, 1.82) is 0 Å². The summed E-state index contributed by atoms with van der Waals surface area (Å²) in [5.41, 5.74) is 3.66. The fourth-order valence-corrected chi connectivity index (χ4v) is 3.07. The molecule has 1 heterocycles. The monoisotopic (exact) mass is 295 g/mol. The zero-order valence-corrected chi connectivity index (χ0v) is 12.8. The molecule has 0 saturated carbocycles. The van der Waals surface area contributed by atoms with Gasteiger partial charge in [0.2, 0.25) is 0 Å². The number of benzene rings is 2. The Labute approximate surface area is 131 Å². The molecule has 0 aromatic heterocycles. The molecule has 0 unspecified atom stereocenters. The van der Waals surface area contributed by atoms with Gasteiger partial charge in [-0.2, -0.15) is 0 Å². The zero-order chi connectivity index (χ0) is 15.4. The summed E-state index contributed by atoms with van der Waals surface area (Å²) in [6, 6.07) is 19.0. The number of methoxy groups -OCH3 is 1. The van der Waals surface area contributed by atoms with Gasteiger partial charge >= 0.3 is 5.97 Å². The molecule has 0 amide bonds. The summed E-state index contributed by atoms with van der Waals surface area (Å²) in [4.78, 5) is 11.7. The summed E-state index contributed by atoms with van der Waals surface area (Å²) in [5, 5.41) is 3.41. The first kappa shape index (κ1) is 14.8. The van der Waals surface area contributed by atoms with E-state index in [0.717, 1.165) is 19.3 Å². The third-order valence-electron chi connectivity index (χ3n) is 4.29. The second-order valence-corrected chi connectivity index (χ2v) is 5.71. The highest BCUT2D eigenvalue weighted by Crippen LogP contribution is 2.28. The van der Waals surface area contributed by atoms with E-state index in [4.69, 9.17) is 4.74 Å². The van der Waals surface area contributed by atoms with E-state index < -0.39 is 0 Å². The van der Waals surface area contributed by atoms with Crippen LogP contribution in [0.25, 0.3) is 11.1 Å². The van der Waals surface area contributed by atoms with Crippen molar-refractivity contribution in [2.45, 2.75) is 31.3 Å². The molecule has 1 saturated heterocycles. The number of piperidine rings is 1. The number of hydrogen-bond acceptors (Lipinski definition) is 3. The molecule has 2 atom stereocenters. The van der Waals surface area contributed by atoms with E-state index in [9.17, 15) is 4.79 Å². The van der Waals surface area contributed by atoms with E-state index in [-0.39, 0.29) is 18.1 Å². The van der Waals surface area contributed by atoms with Gasteiger partial charge in [-0.25, -0.2) is 0 Å². The molecule has 1 fully saturated rings. The van der Waals surface area contributed by atoms with Gasteiger partial charge in [-0.1, -0.05) is 54.6 Å². The van der Waals surface area contributed by atoms with E-state index in [0.29, 0.717) is 0 Å². The molecular weight excluding hydrogens is 274 g/mol. The fourth-order valence-electron chi connectivity index (χ4n) is 3.07. The lowest BCUT2D eigenvalue weighted by molar-refractivity contribution is -0.144. The second-order valence-electron chi connectivity index (χ2n) is 5.71. The highest BCUT2D eigenvalue weighted by Gasteiger charge is 2.27. The Bertz CT molecular complexity index is 622. The van der Waals surface area contributed by atoms with Gasteiger partial charge in [-0.05, 0) is 36.0 Å². The average molecular weight is 295 g/mol. The normalized spacial score (nSPS) is 21.3. The van der Waals surface area contributed by atoms with Crippen LogP contribution >= 0.6 is 0 Å². The van der Waals surface area contributed by atoms with E-state index >= 15 is 0 Å². The predicted octanol–water partition coefficient (Wildman–Crippen LogP) is 3.71. The highest BCUT2D eigenvalue weighted by molar-refractivity contribution is 5.75. The number of nitrogens with one attached hydrogen (secondary N) is 1. The van der Waals surface area contributed by atoms with Crippen LogP contribution in [0.5, 0.6) is 0 Å². The van der Waals surface area contributed by atoms with Crippen LogP contribution < -0.4 is 5.32 Å². The molecule has 22 heavy (non-hydrogen) atoms.